The molecule has 0 saturated carbocycles. The second-order valence-corrected chi connectivity index (χ2v) is 8.69. The minimum atomic E-state index is -0.359. The van der Waals surface area contributed by atoms with Gasteiger partial charge in [-0.2, -0.15) is 0 Å². The van der Waals surface area contributed by atoms with Gasteiger partial charge in [0, 0.05) is 17.8 Å². The molecule has 10 heteroatoms. The van der Waals surface area contributed by atoms with E-state index < -0.39 is 0 Å². The Morgan fingerprint density at radius 2 is 2.03 bits per heavy atom. The molecule has 2 heterocycles. The number of carbonyl (C=O) groups excluding carboxylic acids is 2. The van der Waals surface area contributed by atoms with Crippen molar-refractivity contribution in [1.82, 2.24) is 14.8 Å². The van der Waals surface area contributed by atoms with E-state index in [1.807, 2.05) is 51.2 Å². The summed E-state index contributed by atoms with van der Waals surface area (Å²) in [6, 6.07) is 12.4. The average molecular weight is 472 g/mol. The molecule has 1 aliphatic rings. The summed E-state index contributed by atoms with van der Waals surface area (Å²) in [5.41, 5.74) is 2.20. The number of hydrogen-bond donors (Lipinski definition) is 1. The van der Waals surface area contributed by atoms with Gasteiger partial charge in [-0.3, -0.25) is 14.5 Å². The molecule has 0 aliphatic carbocycles. The second-order valence-electron chi connectivity index (χ2n) is 7.35. The van der Waals surface area contributed by atoms with E-state index in [9.17, 15) is 9.59 Å². The van der Waals surface area contributed by atoms with Gasteiger partial charge in [0.15, 0.2) is 17.6 Å². The Balaban J connectivity index is 1.46. The molecule has 4 rings (SSSR count). The molecule has 1 N–H and O–H groups in total. The summed E-state index contributed by atoms with van der Waals surface area (Å²) in [5.74, 6) is 1.11. The van der Waals surface area contributed by atoms with Crippen LogP contribution in [0.3, 0.4) is 0 Å². The van der Waals surface area contributed by atoms with Crippen molar-refractivity contribution in [3.05, 3.63) is 58.9 Å². The summed E-state index contributed by atoms with van der Waals surface area (Å²) in [7, 11) is 1.82. The molecule has 32 heavy (non-hydrogen) atoms. The summed E-state index contributed by atoms with van der Waals surface area (Å²) >= 11 is 7.39. The SMILES string of the molecule is Cc1c(Cl)cccc1NC(=O)CSc1nnc([C@H](C)N2C(=O)COc3ccccc32)n1C. The van der Waals surface area contributed by atoms with Crippen LogP contribution in [0.1, 0.15) is 24.4 Å². The zero-order valence-corrected chi connectivity index (χ0v) is 19.4. The fourth-order valence-electron chi connectivity index (χ4n) is 3.54. The van der Waals surface area contributed by atoms with E-state index in [0.29, 0.717) is 33.1 Å². The third kappa shape index (κ3) is 4.31. The molecule has 1 atom stereocenters. The Kier molecular flexibility index (Phi) is 6.38. The zero-order chi connectivity index (χ0) is 22.8. The second kappa shape index (κ2) is 9.22. The molecule has 2 aromatic carbocycles. The minimum absolute atomic E-state index is 0.0239. The molecule has 8 nitrogen and oxygen atoms in total. The number of aromatic nitrogens is 3. The Morgan fingerprint density at radius 3 is 2.84 bits per heavy atom. The third-order valence-corrected chi connectivity index (χ3v) is 6.68. The lowest BCUT2D eigenvalue weighted by atomic mass is 10.1. The molecule has 1 aromatic heterocycles. The molecule has 0 spiro atoms. The average Bonchev–Trinajstić information content (AvgIpc) is 3.15. The van der Waals surface area contributed by atoms with Crippen molar-refractivity contribution in [2.45, 2.75) is 25.0 Å². The van der Waals surface area contributed by atoms with Crippen molar-refractivity contribution < 1.29 is 14.3 Å². The topological polar surface area (TPSA) is 89.3 Å². The van der Waals surface area contributed by atoms with E-state index in [0.717, 1.165) is 5.56 Å². The van der Waals surface area contributed by atoms with Gasteiger partial charge in [0.1, 0.15) is 5.75 Å². The highest BCUT2D eigenvalue weighted by molar-refractivity contribution is 7.99. The summed E-state index contributed by atoms with van der Waals surface area (Å²) in [6.45, 7) is 3.73. The fraction of sp³-hybridized carbons (Fsp3) is 0.273. The van der Waals surface area contributed by atoms with Gasteiger partial charge in [0.05, 0.1) is 17.5 Å². The predicted octanol–water partition coefficient (Wildman–Crippen LogP) is 3.99. The van der Waals surface area contributed by atoms with E-state index in [1.165, 1.54) is 11.8 Å². The van der Waals surface area contributed by atoms with Crippen LogP contribution >= 0.6 is 23.4 Å². The molecule has 0 radical (unpaired) electrons. The van der Waals surface area contributed by atoms with Crippen molar-refractivity contribution in [3.8, 4) is 5.75 Å². The number of nitrogens with zero attached hydrogens (tertiary/aromatic N) is 4. The number of ether oxygens (including phenoxy) is 1. The maximum Gasteiger partial charge on any atom is 0.265 e. The Morgan fingerprint density at radius 1 is 1.25 bits per heavy atom. The van der Waals surface area contributed by atoms with Crippen LogP contribution in [0.2, 0.25) is 5.02 Å². The first-order chi connectivity index (χ1) is 15.4. The van der Waals surface area contributed by atoms with Crippen LogP contribution in [0.25, 0.3) is 0 Å². The summed E-state index contributed by atoms with van der Waals surface area (Å²) < 4.78 is 7.33. The van der Waals surface area contributed by atoms with Crippen LogP contribution < -0.4 is 15.0 Å². The van der Waals surface area contributed by atoms with Crippen LogP contribution in [0.15, 0.2) is 47.6 Å². The van der Waals surface area contributed by atoms with Gasteiger partial charge in [-0.05, 0) is 43.7 Å². The van der Waals surface area contributed by atoms with E-state index in [1.54, 1.807) is 21.6 Å². The number of para-hydroxylation sites is 2. The Bertz CT molecular complexity index is 1180. The van der Waals surface area contributed by atoms with Crippen molar-refractivity contribution in [2.75, 3.05) is 22.6 Å². The quantitative estimate of drug-likeness (QED) is 0.547. The van der Waals surface area contributed by atoms with Crippen LogP contribution in [0.5, 0.6) is 5.75 Å². The predicted molar refractivity (Wildman–Crippen MR) is 124 cm³/mol. The number of hydrogen-bond acceptors (Lipinski definition) is 6. The number of fused-ring (bicyclic) bond motifs is 1. The molecule has 3 aromatic rings. The molecule has 2 amide bonds. The van der Waals surface area contributed by atoms with Crippen LogP contribution in [0.4, 0.5) is 11.4 Å². The van der Waals surface area contributed by atoms with E-state index in [-0.39, 0.29) is 30.2 Å². The van der Waals surface area contributed by atoms with E-state index in [4.69, 9.17) is 16.3 Å². The first-order valence-electron chi connectivity index (χ1n) is 9.97. The van der Waals surface area contributed by atoms with E-state index in [2.05, 4.69) is 15.5 Å². The molecule has 1 aliphatic heterocycles. The molecule has 0 unspecified atom stereocenters. The molecular weight excluding hydrogens is 450 g/mol. The number of benzene rings is 2. The third-order valence-electron chi connectivity index (χ3n) is 5.25. The highest BCUT2D eigenvalue weighted by Gasteiger charge is 2.32. The van der Waals surface area contributed by atoms with Crippen molar-refractivity contribution in [2.24, 2.45) is 7.05 Å². The number of rotatable bonds is 6. The first-order valence-corrected chi connectivity index (χ1v) is 11.3. The highest BCUT2D eigenvalue weighted by Crippen LogP contribution is 2.37. The standard InChI is InChI=1S/C22H22ClN5O3S/c1-13-15(23)7-6-8-16(13)24-19(29)12-32-22-26-25-21(27(22)3)14(2)28-17-9-4-5-10-18(17)31-11-20(28)30/h4-10,14H,11-12H2,1-3H3,(H,24,29)/t14-/m0/s1. The fourth-order valence-corrected chi connectivity index (χ4v) is 4.43. The number of amides is 2. The Labute approximate surface area is 194 Å². The van der Waals surface area contributed by atoms with Crippen molar-refractivity contribution >= 4 is 46.6 Å². The highest BCUT2D eigenvalue weighted by atomic mass is 35.5. The number of carbonyl (C=O) groups is 2. The number of thioether (sulfide) groups is 1. The maximum atomic E-state index is 12.6. The van der Waals surface area contributed by atoms with Gasteiger partial charge in [0.25, 0.3) is 5.91 Å². The number of anilines is 2. The minimum Gasteiger partial charge on any atom is -0.482 e. The van der Waals surface area contributed by atoms with Crippen molar-refractivity contribution in [3.63, 3.8) is 0 Å². The van der Waals surface area contributed by atoms with Gasteiger partial charge < -0.3 is 14.6 Å². The molecule has 166 valence electrons. The van der Waals surface area contributed by atoms with Gasteiger partial charge in [-0.25, -0.2) is 0 Å². The van der Waals surface area contributed by atoms with Crippen LogP contribution in [0, 0.1) is 6.92 Å². The Hall–Kier alpha value is -3.04. The molecule has 0 fully saturated rings. The van der Waals surface area contributed by atoms with Crippen molar-refractivity contribution in [1.29, 1.82) is 0 Å². The zero-order valence-electron chi connectivity index (χ0n) is 17.8. The van der Waals surface area contributed by atoms with Crippen LogP contribution in [-0.4, -0.2) is 38.9 Å². The number of nitrogens with one attached hydrogen (secondary N) is 1. The smallest absolute Gasteiger partial charge is 0.265 e. The molecular formula is C22H22ClN5O3S. The normalized spacial score (nSPS) is 14.0. The lowest BCUT2D eigenvalue weighted by Gasteiger charge is -2.33. The lowest BCUT2D eigenvalue weighted by molar-refractivity contribution is -0.121. The van der Waals surface area contributed by atoms with Gasteiger partial charge in [-0.15, -0.1) is 10.2 Å². The maximum absolute atomic E-state index is 12.6. The summed E-state index contributed by atoms with van der Waals surface area (Å²) in [5, 5.41) is 12.6. The van der Waals surface area contributed by atoms with Crippen LogP contribution in [-0.2, 0) is 16.6 Å². The molecule has 0 saturated heterocycles. The largest absolute Gasteiger partial charge is 0.482 e. The summed E-state index contributed by atoms with van der Waals surface area (Å²) in [6.07, 6.45) is 0. The lowest BCUT2D eigenvalue weighted by Crippen LogP contribution is -2.41. The summed E-state index contributed by atoms with van der Waals surface area (Å²) in [4.78, 5) is 26.7. The van der Waals surface area contributed by atoms with E-state index >= 15 is 0 Å². The number of halogens is 1. The van der Waals surface area contributed by atoms with Gasteiger partial charge in [-0.1, -0.05) is 41.6 Å². The molecule has 0 bridgehead atoms. The first kappa shape index (κ1) is 22.2. The van der Waals surface area contributed by atoms with Gasteiger partial charge in [0.2, 0.25) is 5.91 Å². The monoisotopic (exact) mass is 471 g/mol. The van der Waals surface area contributed by atoms with Gasteiger partial charge >= 0.3 is 0 Å².